The van der Waals surface area contributed by atoms with Gasteiger partial charge in [0, 0.05) is 27.9 Å². The minimum atomic E-state index is -3.81. The molecule has 4 aliphatic rings. The lowest BCUT2D eigenvalue weighted by molar-refractivity contribution is -0.123. The zero-order chi connectivity index (χ0) is 44.8. The van der Waals surface area contributed by atoms with E-state index in [1.807, 2.05) is 37.3 Å². The van der Waals surface area contributed by atoms with Gasteiger partial charge < -0.3 is 24.1 Å². The molecule has 5 atom stereocenters. The summed E-state index contributed by atoms with van der Waals surface area (Å²) in [6.07, 6.45) is 2.98. The molecule has 1 N–H and O–H groups in total. The van der Waals surface area contributed by atoms with Crippen LogP contribution in [0.2, 0.25) is 0 Å². The summed E-state index contributed by atoms with van der Waals surface area (Å²) in [6, 6.07) is 38.9. The molecule has 0 radical (unpaired) electrons. The molecule has 2 saturated carbocycles. The van der Waals surface area contributed by atoms with Gasteiger partial charge in [0.2, 0.25) is 11.8 Å². The first-order valence-electron chi connectivity index (χ1n) is 21.7. The highest BCUT2D eigenvalue weighted by Gasteiger charge is 2.61. The summed E-state index contributed by atoms with van der Waals surface area (Å²) in [7, 11) is -3.81. The Balaban J connectivity index is 0.755. The lowest BCUT2D eigenvalue weighted by Gasteiger charge is -2.30. The van der Waals surface area contributed by atoms with E-state index < -0.39 is 19.8 Å². The predicted octanol–water partition coefficient (Wildman–Crippen LogP) is 8.68. The number of para-hydroxylation sites is 1. The molecule has 6 aromatic rings. The van der Waals surface area contributed by atoms with Crippen LogP contribution < -0.4 is 39.6 Å². The Morgan fingerprint density at radius 2 is 1.28 bits per heavy atom. The Kier molecular flexibility index (Phi) is 10.9. The average Bonchev–Trinajstić information content (AvgIpc) is 4.04. The van der Waals surface area contributed by atoms with E-state index in [-0.39, 0.29) is 64.1 Å². The lowest BCUT2D eigenvalue weighted by atomic mass is 9.81. The van der Waals surface area contributed by atoms with Gasteiger partial charge in [-0.05, 0) is 129 Å². The van der Waals surface area contributed by atoms with E-state index in [1.165, 1.54) is 11.0 Å². The zero-order valence-corrected chi connectivity index (χ0v) is 36.2. The van der Waals surface area contributed by atoms with E-state index in [1.54, 1.807) is 103 Å². The molecular weight excluding hydrogens is 844 g/mol. The Morgan fingerprint density at radius 3 is 1.97 bits per heavy atom. The van der Waals surface area contributed by atoms with Gasteiger partial charge in [-0.1, -0.05) is 54.6 Å². The number of rotatable bonds is 14. The van der Waals surface area contributed by atoms with Crippen LogP contribution in [0.3, 0.4) is 0 Å². The van der Waals surface area contributed by atoms with Crippen molar-refractivity contribution in [2.75, 3.05) is 30.0 Å². The van der Waals surface area contributed by atoms with E-state index in [0.29, 0.717) is 57.9 Å². The molecule has 2 bridgehead atoms. The molecule has 5 unspecified atom stereocenters. The summed E-state index contributed by atoms with van der Waals surface area (Å²) >= 11 is 0. The third-order valence-electron chi connectivity index (χ3n) is 12.8. The van der Waals surface area contributed by atoms with Crippen LogP contribution in [-0.2, 0) is 14.2 Å². The summed E-state index contributed by atoms with van der Waals surface area (Å²) in [5.74, 6) is 0.278. The monoisotopic (exact) mass is 886 g/mol. The number of Topliss-reactive ketones (excluding diaryl/α,β-unsaturated/α-hetero) is 2. The Labute approximate surface area is 374 Å². The van der Waals surface area contributed by atoms with Crippen molar-refractivity contribution >= 4 is 58.6 Å². The molecule has 2 heterocycles. The van der Waals surface area contributed by atoms with E-state index in [0.717, 1.165) is 30.4 Å². The summed E-state index contributed by atoms with van der Waals surface area (Å²) < 4.78 is 39.0. The van der Waals surface area contributed by atoms with Gasteiger partial charge in [0.25, 0.3) is 5.91 Å². The lowest BCUT2D eigenvalue weighted by Crippen LogP contribution is -2.32. The van der Waals surface area contributed by atoms with Crippen molar-refractivity contribution in [1.29, 1.82) is 0 Å². The van der Waals surface area contributed by atoms with Gasteiger partial charge in [-0.2, -0.15) is 0 Å². The number of hydrogen-bond acceptors (Lipinski definition) is 10. The number of carbonyl (C=O) groups is 5. The molecule has 0 aromatic heterocycles. The van der Waals surface area contributed by atoms with Gasteiger partial charge in [-0.3, -0.25) is 33.4 Å². The maximum absolute atomic E-state index is 15.1. The summed E-state index contributed by atoms with van der Waals surface area (Å²) in [6.45, 7) is 1.50. The van der Waals surface area contributed by atoms with Gasteiger partial charge in [-0.25, -0.2) is 0 Å². The normalized spacial score (nSPS) is 21.2. The summed E-state index contributed by atoms with van der Waals surface area (Å²) in [5, 5.41) is 3.59. The number of anilines is 2. The Hall–Kier alpha value is -7.30. The first kappa shape index (κ1) is 41.7. The first-order valence-corrected chi connectivity index (χ1v) is 23.3. The topological polar surface area (TPSA) is 155 Å². The number of hydrogen-bond donors (Lipinski definition) is 1. The fourth-order valence-corrected chi connectivity index (χ4v) is 12.2. The molecule has 2 aliphatic carbocycles. The Morgan fingerprint density at radius 1 is 0.646 bits per heavy atom. The molecule has 12 nitrogen and oxygen atoms in total. The highest BCUT2D eigenvalue weighted by molar-refractivity contribution is 7.75. The second-order valence-corrected chi connectivity index (χ2v) is 18.9. The number of carbonyl (C=O) groups excluding carboxylic acids is 5. The molecule has 1 saturated heterocycles. The molecular formula is C52H43N2O10P. The van der Waals surface area contributed by atoms with Gasteiger partial charge in [0.1, 0.15) is 23.0 Å². The second kappa shape index (κ2) is 17.0. The largest absolute Gasteiger partial charge is 0.494 e. The molecule has 10 rings (SSSR count). The summed E-state index contributed by atoms with van der Waals surface area (Å²) in [5.41, 5.74) is 3.42. The molecule has 2 aliphatic heterocycles. The smallest absolute Gasteiger partial charge is 0.311 e. The highest BCUT2D eigenvalue weighted by Crippen LogP contribution is 2.57. The van der Waals surface area contributed by atoms with Crippen LogP contribution in [0.25, 0.3) is 11.1 Å². The maximum Gasteiger partial charge on any atom is 0.311 e. The van der Waals surface area contributed by atoms with Gasteiger partial charge in [0.15, 0.2) is 24.8 Å². The predicted molar refractivity (Wildman–Crippen MR) is 244 cm³/mol. The van der Waals surface area contributed by atoms with Crippen LogP contribution >= 0.6 is 7.37 Å². The number of amides is 3. The third kappa shape index (κ3) is 7.67. The van der Waals surface area contributed by atoms with Crippen molar-refractivity contribution in [3.05, 3.63) is 156 Å². The molecule has 3 fully saturated rings. The standard InChI is InChI=1S/C52H43N2O10P/c1-2-61-39-24-25-45(47(28-39)65(60)46-13-6-4-11-41(46)40-10-3-5-12-44(40)64-65)63-30-43(56)33-9-7-8-32(26-33)42(55)29-62-38-22-18-36(19-23-38)53-50(57)31-16-20-37(21-17-31)54-51(58)48-34-14-15-35(27-34)49(48)52(54)59/h3-13,16-26,28,34-35,48-49H,2,14-15,27,29-30H2,1H3,(H,53,57). The van der Waals surface area contributed by atoms with Crippen molar-refractivity contribution < 1.29 is 47.3 Å². The number of benzene rings is 6. The zero-order valence-electron chi connectivity index (χ0n) is 35.3. The van der Waals surface area contributed by atoms with Gasteiger partial charge in [-0.15, -0.1) is 0 Å². The van der Waals surface area contributed by atoms with Crippen LogP contribution in [0.4, 0.5) is 11.4 Å². The summed E-state index contributed by atoms with van der Waals surface area (Å²) in [4.78, 5) is 67.7. The first-order chi connectivity index (χ1) is 31.6. The number of ether oxygens (including phenoxy) is 3. The molecule has 13 heteroatoms. The van der Waals surface area contributed by atoms with Crippen LogP contribution in [0, 0.1) is 23.7 Å². The molecule has 3 amide bonds. The minimum absolute atomic E-state index is 0.125. The number of nitrogens with zero attached hydrogens (tertiary/aromatic N) is 1. The highest BCUT2D eigenvalue weighted by atomic mass is 31.2. The van der Waals surface area contributed by atoms with E-state index in [4.69, 9.17) is 18.7 Å². The third-order valence-corrected chi connectivity index (χ3v) is 15.3. The van der Waals surface area contributed by atoms with E-state index in [2.05, 4.69) is 5.32 Å². The van der Waals surface area contributed by atoms with Crippen LogP contribution in [-0.4, -0.2) is 49.1 Å². The van der Waals surface area contributed by atoms with Crippen LogP contribution in [0.5, 0.6) is 23.0 Å². The molecule has 6 aromatic carbocycles. The van der Waals surface area contributed by atoms with Crippen LogP contribution in [0.15, 0.2) is 140 Å². The van der Waals surface area contributed by atoms with Crippen molar-refractivity contribution in [3.63, 3.8) is 0 Å². The Bertz CT molecular complexity index is 2920. The number of imide groups is 1. The molecule has 326 valence electrons. The van der Waals surface area contributed by atoms with Crippen LogP contribution in [0.1, 0.15) is 57.3 Å². The van der Waals surface area contributed by atoms with Crippen molar-refractivity contribution in [3.8, 4) is 34.1 Å². The van der Waals surface area contributed by atoms with Crippen molar-refractivity contribution in [2.24, 2.45) is 23.7 Å². The number of nitrogens with one attached hydrogen (secondary N) is 1. The SMILES string of the molecule is CCOc1ccc(OCC(=O)c2cccc(C(=O)COc3ccc(NC(=O)c4ccc(N5C(=O)C6C7CCC(C7)C6C5=O)cc4)cc3)c2)c(P2(=O)Oc3ccccc3-c3ccccc32)c1. The number of fused-ring (bicyclic) bond motifs is 8. The average molecular weight is 887 g/mol. The molecule has 65 heavy (non-hydrogen) atoms. The fraction of sp³-hybridized carbons (Fsp3) is 0.212. The fourth-order valence-electron chi connectivity index (χ4n) is 9.79. The maximum atomic E-state index is 15.1. The van der Waals surface area contributed by atoms with Gasteiger partial charge in [0.05, 0.1) is 34.7 Å². The van der Waals surface area contributed by atoms with Crippen molar-refractivity contribution in [1.82, 2.24) is 0 Å². The number of ketones is 2. The van der Waals surface area contributed by atoms with Crippen molar-refractivity contribution in [2.45, 2.75) is 26.2 Å². The molecule has 0 spiro atoms. The quantitative estimate of drug-likeness (QED) is 0.0639. The minimum Gasteiger partial charge on any atom is -0.494 e. The van der Waals surface area contributed by atoms with E-state index in [9.17, 15) is 24.0 Å². The second-order valence-electron chi connectivity index (χ2n) is 16.6. The van der Waals surface area contributed by atoms with E-state index >= 15 is 4.57 Å². The van der Waals surface area contributed by atoms with Gasteiger partial charge >= 0.3 is 7.37 Å².